The van der Waals surface area contributed by atoms with Gasteiger partial charge in [0.25, 0.3) is 0 Å². The van der Waals surface area contributed by atoms with E-state index in [1.54, 1.807) is 0 Å². The smallest absolute Gasteiger partial charge is 0.222 e. The number of likely N-dealkylation sites (tertiary alicyclic amines) is 1. The number of hydrogen-bond donors (Lipinski definition) is 0. The third kappa shape index (κ3) is 4.20. The lowest BCUT2D eigenvalue weighted by Gasteiger charge is -2.27. The second-order valence-electron chi connectivity index (χ2n) is 5.91. The number of nitrogens with zero attached hydrogens (tertiary/aromatic N) is 1. The van der Waals surface area contributed by atoms with Crippen molar-refractivity contribution in [3.05, 3.63) is 71.8 Å². The molecule has 0 N–H and O–H groups in total. The van der Waals surface area contributed by atoms with Gasteiger partial charge in [-0.25, -0.2) is 0 Å². The molecule has 0 radical (unpaired) electrons. The summed E-state index contributed by atoms with van der Waals surface area (Å²) in [4.78, 5) is 13.8. The number of piperidine rings is 1. The highest BCUT2D eigenvalue weighted by Gasteiger charge is 2.19. The Kier molecular flexibility index (Phi) is 5.43. The second-order valence-corrected chi connectivity index (χ2v) is 5.91. The zero-order chi connectivity index (χ0) is 15.9. The van der Waals surface area contributed by atoms with Gasteiger partial charge >= 0.3 is 0 Å². The Bertz CT molecular complexity index is 573. The normalized spacial score (nSPS) is 15.2. The summed E-state index contributed by atoms with van der Waals surface area (Å²) in [7, 11) is 0. The fourth-order valence-electron chi connectivity index (χ4n) is 3.02. The van der Waals surface area contributed by atoms with Crippen LogP contribution < -0.4 is 0 Å². The Morgan fingerprint density at radius 3 is 2.09 bits per heavy atom. The highest BCUT2D eigenvalue weighted by molar-refractivity contribution is 5.76. The molecule has 1 amide bonds. The molecule has 0 spiro atoms. The molecule has 0 aromatic heterocycles. The summed E-state index contributed by atoms with van der Waals surface area (Å²) in [5.41, 5.74) is 2.28. The zero-order valence-corrected chi connectivity index (χ0v) is 13.4. The number of benzene rings is 2. The molecule has 1 saturated heterocycles. The van der Waals surface area contributed by atoms with Crippen molar-refractivity contribution in [2.75, 3.05) is 19.7 Å². The summed E-state index contributed by atoms with van der Waals surface area (Å²) < 4.78 is 6.17. The van der Waals surface area contributed by atoms with E-state index in [2.05, 4.69) is 24.3 Å². The molecule has 0 unspecified atom stereocenters. The average Bonchev–Trinajstić information content (AvgIpc) is 2.62. The molecule has 0 bridgehead atoms. The van der Waals surface area contributed by atoms with Crippen LogP contribution in [-0.4, -0.2) is 30.5 Å². The third-order valence-corrected chi connectivity index (χ3v) is 4.27. The SMILES string of the molecule is O=C1CCCCN1CCOC(c1ccccc1)c1ccccc1. The molecule has 2 aromatic carbocycles. The van der Waals surface area contributed by atoms with E-state index in [0.717, 1.165) is 30.5 Å². The predicted octanol–water partition coefficient (Wildman–Crippen LogP) is 3.81. The molecule has 0 atom stereocenters. The molecular weight excluding hydrogens is 286 g/mol. The van der Waals surface area contributed by atoms with Gasteiger partial charge in [0, 0.05) is 19.5 Å². The third-order valence-electron chi connectivity index (χ3n) is 4.27. The van der Waals surface area contributed by atoms with Gasteiger partial charge in [-0.15, -0.1) is 0 Å². The van der Waals surface area contributed by atoms with Gasteiger partial charge in [-0.1, -0.05) is 60.7 Å². The molecule has 1 aliphatic heterocycles. The first kappa shape index (κ1) is 15.8. The topological polar surface area (TPSA) is 29.5 Å². The van der Waals surface area contributed by atoms with Gasteiger partial charge in [0.1, 0.15) is 6.10 Å². The molecule has 1 fully saturated rings. The lowest BCUT2D eigenvalue weighted by Crippen LogP contribution is -2.37. The van der Waals surface area contributed by atoms with Crippen molar-refractivity contribution in [2.24, 2.45) is 0 Å². The van der Waals surface area contributed by atoms with Crippen LogP contribution >= 0.6 is 0 Å². The molecule has 3 heteroatoms. The minimum absolute atomic E-state index is 0.0858. The fourth-order valence-corrected chi connectivity index (χ4v) is 3.02. The number of amides is 1. The molecule has 0 aliphatic carbocycles. The van der Waals surface area contributed by atoms with E-state index in [1.165, 1.54) is 0 Å². The number of carbonyl (C=O) groups is 1. The molecule has 3 nitrogen and oxygen atoms in total. The van der Waals surface area contributed by atoms with Gasteiger partial charge in [-0.2, -0.15) is 0 Å². The first-order valence-corrected chi connectivity index (χ1v) is 8.34. The molecule has 1 aliphatic rings. The molecule has 1 heterocycles. The quantitative estimate of drug-likeness (QED) is 0.812. The standard InChI is InChI=1S/C20H23NO2/c22-19-13-7-8-14-21(19)15-16-23-20(17-9-3-1-4-10-17)18-11-5-2-6-12-18/h1-6,9-12,20H,7-8,13-16H2. The van der Waals surface area contributed by atoms with Crippen molar-refractivity contribution in [3.63, 3.8) is 0 Å². The predicted molar refractivity (Wildman–Crippen MR) is 91.1 cm³/mol. The summed E-state index contributed by atoms with van der Waals surface area (Å²) in [6.45, 7) is 2.10. The summed E-state index contributed by atoms with van der Waals surface area (Å²) in [6.07, 6.45) is 2.72. The second kappa shape index (κ2) is 7.93. The van der Waals surface area contributed by atoms with Crippen molar-refractivity contribution in [1.82, 2.24) is 4.90 Å². The fraction of sp³-hybridized carbons (Fsp3) is 0.350. The highest BCUT2D eigenvalue weighted by atomic mass is 16.5. The Labute approximate surface area is 137 Å². The van der Waals surface area contributed by atoms with Crippen LogP contribution in [0, 0.1) is 0 Å². The average molecular weight is 309 g/mol. The maximum absolute atomic E-state index is 11.9. The zero-order valence-electron chi connectivity index (χ0n) is 13.4. The van der Waals surface area contributed by atoms with Gasteiger partial charge in [-0.05, 0) is 24.0 Å². The first-order valence-electron chi connectivity index (χ1n) is 8.34. The minimum atomic E-state index is -0.0858. The maximum atomic E-state index is 11.9. The monoisotopic (exact) mass is 309 g/mol. The minimum Gasteiger partial charge on any atom is -0.367 e. The van der Waals surface area contributed by atoms with E-state index >= 15 is 0 Å². The Morgan fingerprint density at radius 1 is 0.913 bits per heavy atom. The number of ether oxygens (including phenoxy) is 1. The van der Waals surface area contributed by atoms with E-state index in [4.69, 9.17) is 4.74 Å². The van der Waals surface area contributed by atoms with E-state index in [9.17, 15) is 4.79 Å². The van der Waals surface area contributed by atoms with Crippen molar-refractivity contribution in [2.45, 2.75) is 25.4 Å². The number of carbonyl (C=O) groups excluding carboxylic acids is 1. The van der Waals surface area contributed by atoms with Crippen molar-refractivity contribution >= 4 is 5.91 Å². The van der Waals surface area contributed by atoms with Crippen LogP contribution in [-0.2, 0) is 9.53 Å². The number of rotatable bonds is 6. The van der Waals surface area contributed by atoms with Gasteiger partial charge in [0.15, 0.2) is 0 Å². The van der Waals surface area contributed by atoms with Crippen LogP contribution in [0.3, 0.4) is 0 Å². The van der Waals surface area contributed by atoms with Gasteiger partial charge < -0.3 is 9.64 Å². The summed E-state index contributed by atoms with van der Waals surface area (Å²) in [5, 5.41) is 0. The van der Waals surface area contributed by atoms with Crippen molar-refractivity contribution in [1.29, 1.82) is 0 Å². The van der Waals surface area contributed by atoms with Crippen LogP contribution in [0.15, 0.2) is 60.7 Å². The highest BCUT2D eigenvalue weighted by Crippen LogP contribution is 2.25. The lowest BCUT2D eigenvalue weighted by atomic mass is 10.0. The van der Waals surface area contributed by atoms with E-state index < -0.39 is 0 Å². The van der Waals surface area contributed by atoms with Gasteiger partial charge in [-0.3, -0.25) is 4.79 Å². The summed E-state index contributed by atoms with van der Waals surface area (Å²) in [6, 6.07) is 20.5. The molecule has 2 aromatic rings. The molecule has 120 valence electrons. The molecular formula is C20H23NO2. The Balaban J connectivity index is 1.66. The lowest BCUT2D eigenvalue weighted by molar-refractivity contribution is -0.134. The van der Waals surface area contributed by atoms with E-state index in [-0.39, 0.29) is 12.0 Å². The van der Waals surface area contributed by atoms with Crippen LogP contribution in [0.5, 0.6) is 0 Å². The first-order chi connectivity index (χ1) is 11.3. The maximum Gasteiger partial charge on any atom is 0.222 e. The van der Waals surface area contributed by atoms with E-state index in [0.29, 0.717) is 19.6 Å². The van der Waals surface area contributed by atoms with Crippen LogP contribution in [0.2, 0.25) is 0 Å². The van der Waals surface area contributed by atoms with Gasteiger partial charge in [0.2, 0.25) is 5.91 Å². The Hall–Kier alpha value is -2.13. The molecule has 23 heavy (non-hydrogen) atoms. The van der Waals surface area contributed by atoms with Crippen LogP contribution in [0.4, 0.5) is 0 Å². The Morgan fingerprint density at radius 2 is 1.52 bits per heavy atom. The van der Waals surface area contributed by atoms with Crippen molar-refractivity contribution < 1.29 is 9.53 Å². The van der Waals surface area contributed by atoms with Crippen molar-refractivity contribution in [3.8, 4) is 0 Å². The molecule has 0 saturated carbocycles. The van der Waals surface area contributed by atoms with Crippen LogP contribution in [0.25, 0.3) is 0 Å². The van der Waals surface area contributed by atoms with E-state index in [1.807, 2.05) is 41.3 Å². The van der Waals surface area contributed by atoms with Crippen LogP contribution in [0.1, 0.15) is 36.5 Å². The van der Waals surface area contributed by atoms with Gasteiger partial charge in [0.05, 0.1) is 6.61 Å². The number of hydrogen-bond acceptors (Lipinski definition) is 2. The molecule has 3 rings (SSSR count). The summed E-state index contributed by atoms with van der Waals surface area (Å²) in [5.74, 6) is 0.260. The largest absolute Gasteiger partial charge is 0.367 e. The summed E-state index contributed by atoms with van der Waals surface area (Å²) >= 11 is 0.